The van der Waals surface area contributed by atoms with Gasteiger partial charge in [0.2, 0.25) is 11.8 Å². The zero-order valence-electron chi connectivity index (χ0n) is 14.4. The molecule has 0 radical (unpaired) electrons. The van der Waals surface area contributed by atoms with Crippen molar-refractivity contribution in [1.29, 1.82) is 0 Å². The summed E-state index contributed by atoms with van der Waals surface area (Å²) in [6.45, 7) is 0. The van der Waals surface area contributed by atoms with Gasteiger partial charge in [-0.25, -0.2) is 19.3 Å². The summed E-state index contributed by atoms with van der Waals surface area (Å²) >= 11 is 0. The number of methoxy groups -OCH3 is 1. The molecule has 0 saturated heterocycles. The lowest BCUT2D eigenvalue weighted by Gasteiger charge is -2.26. The van der Waals surface area contributed by atoms with Gasteiger partial charge in [0.05, 0.1) is 30.1 Å². The molecule has 1 aromatic carbocycles. The maximum Gasteiger partial charge on any atom is 0.255 e. The first-order valence-electron chi connectivity index (χ1n) is 8.28. The molecule has 4 rings (SSSR count). The Bertz CT molecular complexity index is 1040. The van der Waals surface area contributed by atoms with Crippen molar-refractivity contribution in [3.63, 3.8) is 0 Å². The van der Waals surface area contributed by atoms with E-state index < -0.39 is 11.9 Å². The minimum atomic E-state index is -0.400. The standard InChI is InChI=1S/C19H16FN5O2/c1-27-17-4-2-3-14(23-17)12-7-10(20)5-6-11(12)15-8-16-13(18(26)24-15)9-22-19(21)25-16/h2-7,9,15H,8H2,1H3,(H,24,26)(H2,21,22,25)/t15-/m1/s1. The van der Waals surface area contributed by atoms with Gasteiger partial charge in [-0.2, -0.15) is 0 Å². The van der Waals surface area contributed by atoms with Gasteiger partial charge >= 0.3 is 0 Å². The summed E-state index contributed by atoms with van der Waals surface area (Å²) in [7, 11) is 1.51. The molecule has 1 amide bonds. The summed E-state index contributed by atoms with van der Waals surface area (Å²) in [5, 5.41) is 2.93. The van der Waals surface area contributed by atoms with E-state index in [1.165, 1.54) is 25.4 Å². The van der Waals surface area contributed by atoms with E-state index in [-0.39, 0.29) is 11.9 Å². The highest BCUT2D eigenvalue weighted by molar-refractivity contribution is 5.96. The fraction of sp³-hybridized carbons (Fsp3) is 0.158. The van der Waals surface area contributed by atoms with Crippen molar-refractivity contribution in [3.05, 3.63) is 65.2 Å². The lowest BCUT2D eigenvalue weighted by atomic mass is 9.91. The van der Waals surface area contributed by atoms with Gasteiger partial charge in [-0.1, -0.05) is 12.1 Å². The Labute approximate surface area is 154 Å². The zero-order chi connectivity index (χ0) is 19.0. The van der Waals surface area contributed by atoms with Crippen LogP contribution < -0.4 is 15.8 Å². The Morgan fingerprint density at radius 3 is 2.89 bits per heavy atom. The third kappa shape index (κ3) is 3.17. The highest BCUT2D eigenvalue weighted by Gasteiger charge is 2.29. The largest absolute Gasteiger partial charge is 0.481 e. The fourth-order valence-electron chi connectivity index (χ4n) is 3.18. The molecule has 0 saturated carbocycles. The van der Waals surface area contributed by atoms with Gasteiger partial charge in [0, 0.05) is 24.2 Å². The number of nitrogens with two attached hydrogens (primary N) is 1. The molecule has 8 heteroatoms. The minimum Gasteiger partial charge on any atom is -0.481 e. The van der Waals surface area contributed by atoms with E-state index in [0.29, 0.717) is 34.8 Å². The summed E-state index contributed by atoms with van der Waals surface area (Å²) in [6.07, 6.45) is 1.83. The van der Waals surface area contributed by atoms with Crippen LogP contribution in [0.15, 0.2) is 42.6 Å². The zero-order valence-corrected chi connectivity index (χ0v) is 14.4. The van der Waals surface area contributed by atoms with Crippen molar-refractivity contribution in [3.8, 4) is 17.1 Å². The predicted molar refractivity (Wildman–Crippen MR) is 96.5 cm³/mol. The molecule has 0 aliphatic carbocycles. The molecule has 1 atom stereocenters. The van der Waals surface area contributed by atoms with Gasteiger partial charge in [-0.05, 0) is 23.8 Å². The van der Waals surface area contributed by atoms with Crippen LogP contribution in [0.25, 0.3) is 11.3 Å². The Kier molecular flexibility index (Phi) is 4.15. The summed E-state index contributed by atoms with van der Waals surface area (Å²) in [5.41, 5.74) is 8.46. The van der Waals surface area contributed by atoms with Crippen LogP contribution >= 0.6 is 0 Å². The number of hydrogen-bond acceptors (Lipinski definition) is 6. The number of anilines is 1. The maximum absolute atomic E-state index is 14.0. The molecule has 0 bridgehead atoms. The van der Waals surface area contributed by atoms with E-state index in [0.717, 1.165) is 5.56 Å². The average Bonchev–Trinajstić information content (AvgIpc) is 2.67. The summed E-state index contributed by atoms with van der Waals surface area (Å²) < 4.78 is 19.1. The van der Waals surface area contributed by atoms with Crippen molar-refractivity contribution in [2.75, 3.05) is 12.8 Å². The monoisotopic (exact) mass is 365 g/mol. The van der Waals surface area contributed by atoms with Crippen LogP contribution in [0.5, 0.6) is 5.88 Å². The normalized spacial score (nSPS) is 15.8. The summed E-state index contributed by atoms with van der Waals surface area (Å²) in [6, 6.07) is 9.25. The summed E-state index contributed by atoms with van der Waals surface area (Å²) in [4.78, 5) is 24.9. The lowest BCUT2D eigenvalue weighted by molar-refractivity contribution is 0.0923. The predicted octanol–water partition coefficient (Wildman–Crippen LogP) is 2.30. The number of aromatic nitrogens is 3. The van der Waals surface area contributed by atoms with Gasteiger partial charge in [-0.3, -0.25) is 4.79 Å². The maximum atomic E-state index is 14.0. The van der Waals surface area contributed by atoms with E-state index in [1.54, 1.807) is 24.3 Å². The van der Waals surface area contributed by atoms with E-state index in [1.807, 2.05) is 0 Å². The second-order valence-corrected chi connectivity index (χ2v) is 6.12. The molecule has 0 fully saturated rings. The lowest BCUT2D eigenvalue weighted by Crippen LogP contribution is -2.36. The Morgan fingerprint density at radius 1 is 1.22 bits per heavy atom. The first-order valence-corrected chi connectivity index (χ1v) is 8.28. The first kappa shape index (κ1) is 16.9. The average molecular weight is 365 g/mol. The number of rotatable bonds is 3. The van der Waals surface area contributed by atoms with E-state index in [4.69, 9.17) is 10.5 Å². The minimum absolute atomic E-state index is 0.107. The quantitative estimate of drug-likeness (QED) is 0.738. The molecule has 3 aromatic rings. The number of amides is 1. The molecule has 1 aliphatic rings. The number of pyridine rings is 1. The molecule has 2 aromatic heterocycles. The third-order valence-corrected chi connectivity index (χ3v) is 4.43. The number of halogens is 1. The van der Waals surface area contributed by atoms with Gasteiger partial charge in [0.1, 0.15) is 5.82 Å². The third-order valence-electron chi connectivity index (χ3n) is 4.43. The van der Waals surface area contributed by atoms with Crippen molar-refractivity contribution in [1.82, 2.24) is 20.3 Å². The van der Waals surface area contributed by atoms with Crippen molar-refractivity contribution >= 4 is 11.9 Å². The van der Waals surface area contributed by atoms with E-state index >= 15 is 0 Å². The SMILES string of the molecule is COc1cccc(-c2cc(F)ccc2[C@H]2Cc3nc(N)ncc3C(=O)N2)n1. The molecule has 0 unspecified atom stereocenters. The molecule has 3 heterocycles. The topological polar surface area (TPSA) is 103 Å². The van der Waals surface area contributed by atoms with Crippen LogP contribution in [0.4, 0.5) is 10.3 Å². The van der Waals surface area contributed by atoms with E-state index in [9.17, 15) is 9.18 Å². The molecule has 0 spiro atoms. The molecule has 136 valence electrons. The van der Waals surface area contributed by atoms with Crippen LogP contribution in [0, 0.1) is 5.82 Å². The number of fused-ring (bicyclic) bond motifs is 1. The molecular formula is C19H16FN5O2. The van der Waals surface area contributed by atoms with Crippen LogP contribution in [0.2, 0.25) is 0 Å². The second-order valence-electron chi connectivity index (χ2n) is 6.12. The first-order chi connectivity index (χ1) is 13.0. The van der Waals surface area contributed by atoms with Gasteiger partial charge in [-0.15, -0.1) is 0 Å². The number of ether oxygens (including phenoxy) is 1. The molecular weight excluding hydrogens is 349 g/mol. The van der Waals surface area contributed by atoms with Crippen LogP contribution in [-0.2, 0) is 6.42 Å². The van der Waals surface area contributed by atoms with Crippen molar-refractivity contribution in [2.24, 2.45) is 0 Å². The van der Waals surface area contributed by atoms with Gasteiger partial charge in [0.25, 0.3) is 5.91 Å². The van der Waals surface area contributed by atoms with Gasteiger partial charge < -0.3 is 15.8 Å². The molecule has 3 N–H and O–H groups in total. The number of nitrogens with one attached hydrogen (secondary N) is 1. The van der Waals surface area contributed by atoms with E-state index in [2.05, 4.69) is 20.3 Å². The Hall–Kier alpha value is -3.55. The number of carbonyl (C=O) groups is 1. The number of carbonyl (C=O) groups excluding carboxylic acids is 1. The molecule has 7 nitrogen and oxygen atoms in total. The van der Waals surface area contributed by atoms with Crippen LogP contribution in [0.3, 0.4) is 0 Å². The smallest absolute Gasteiger partial charge is 0.255 e. The highest BCUT2D eigenvalue weighted by atomic mass is 19.1. The van der Waals surface area contributed by atoms with Crippen molar-refractivity contribution < 1.29 is 13.9 Å². The highest BCUT2D eigenvalue weighted by Crippen LogP contribution is 2.33. The Morgan fingerprint density at radius 2 is 2.07 bits per heavy atom. The Balaban J connectivity index is 1.80. The summed E-state index contributed by atoms with van der Waals surface area (Å²) in [5.74, 6) is -0.167. The number of hydrogen-bond donors (Lipinski definition) is 2. The van der Waals surface area contributed by atoms with Crippen LogP contribution in [0.1, 0.15) is 27.7 Å². The number of benzene rings is 1. The van der Waals surface area contributed by atoms with Crippen LogP contribution in [-0.4, -0.2) is 28.0 Å². The number of nitrogen functional groups attached to an aromatic ring is 1. The molecule has 1 aliphatic heterocycles. The number of nitrogens with zero attached hydrogens (tertiary/aromatic N) is 3. The molecule has 27 heavy (non-hydrogen) atoms. The van der Waals surface area contributed by atoms with Crippen molar-refractivity contribution in [2.45, 2.75) is 12.5 Å². The fourth-order valence-corrected chi connectivity index (χ4v) is 3.18. The second kappa shape index (κ2) is 6.64. The van der Waals surface area contributed by atoms with Gasteiger partial charge in [0.15, 0.2) is 0 Å².